The third kappa shape index (κ3) is 4.31. The van der Waals surface area contributed by atoms with Crippen LogP contribution in [0.5, 0.6) is 0 Å². The van der Waals surface area contributed by atoms with Crippen LogP contribution in [0, 0.1) is 12.7 Å². The highest BCUT2D eigenvalue weighted by atomic mass is 19.1. The molecule has 1 saturated carbocycles. The number of anilines is 3. The summed E-state index contributed by atoms with van der Waals surface area (Å²) in [6, 6.07) is 7.59. The first-order valence-electron chi connectivity index (χ1n) is 11.9. The van der Waals surface area contributed by atoms with Crippen molar-refractivity contribution in [2.24, 2.45) is 0 Å². The average molecular weight is 451 g/mol. The second-order valence-corrected chi connectivity index (χ2v) is 9.57. The smallest absolute Gasteiger partial charge is 0.252 e. The van der Waals surface area contributed by atoms with Gasteiger partial charge in [0.15, 0.2) is 0 Å². The first-order chi connectivity index (χ1) is 15.9. The summed E-state index contributed by atoms with van der Waals surface area (Å²) in [5, 5.41) is 7.48. The van der Waals surface area contributed by atoms with Crippen LogP contribution in [0.1, 0.15) is 51.1 Å². The highest BCUT2D eigenvalue weighted by Gasteiger charge is 2.24. The predicted octanol–water partition coefficient (Wildman–Crippen LogP) is 4.28. The van der Waals surface area contributed by atoms with E-state index in [-0.39, 0.29) is 17.4 Å². The molecule has 5 rings (SSSR count). The Labute approximate surface area is 193 Å². The molecule has 7 nitrogen and oxygen atoms in total. The summed E-state index contributed by atoms with van der Waals surface area (Å²) in [5.41, 5.74) is 2.67. The highest BCUT2D eigenvalue weighted by Crippen LogP contribution is 2.31. The lowest BCUT2D eigenvalue weighted by Gasteiger charge is -2.37. The van der Waals surface area contributed by atoms with Crippen molar-refractivity contribution in [1.29, 1.82) is 0 Å². The van der Waals surface area contributed by atoms with Gasteiger partial charge in [-0.2, -0.15) is 4.98 Å². The van der Waals surface area contributed by atoms with E-state index in [0.717, 1.165) is 49.7 Å². The number of pyridine rings is 1. The van der Waals surface area contributed by atoms with Gasteiger partial charge in [0.2, 0.25) is 5.95 Å². The van der Waals surface area contributed by atoms with E-state index in [0.29, 0.717) is 35.1 Å². The molecule has 2 aliphatic rings. The molecule has 33 heavy (non-hydrogen) atoms. The van der Waals surface area contributed by atoms with Crippen LogP contribution in [0.25, 0.3) is 11.0 Å². The van der Waals surface area contributed by atoms with Gasteiger partial charge in [-0.15, -0.1) is 0 Å². The summed E-state index contributed by atoms with van der Waals surface area (Å²) in [4.78, 5) is 24.0. The Kier molecular flexibility index (Phi) is 5.78. The molecule has 1 aliphatic heterocycles. The molecular formula is C25H31FN6O. The molecule has 0 spiro atoms. The number of nitrogens with one attached hydrogen (secondary N) is 2. The summed E-state index contributed by atoms with van der Waals surface area (Å²) in [6.45, 7) is 7.66. The quantitative estimate of drug-likeness (QED) is 0.618. The standard InChI is InChI=1S/C25H31FN6O/c1-15-10-23(33)32(19-6-4-5-7-19)24-20(15)12-27-25(30-24)29-18-8-9-22(21(26)11-18)31-13-16(2)28-17(3)14-31/h8-12,16-17,19,28H,4-7,13-14H2,1-3H3,(H,27,29,30). The second-order valence-electron chi connectivity index (χ2n) is 9.57. The molecule has 1 aliphatic carbocycles. The van der Waals surface area contributed by atoms with E-state index in [4.69, 9.17) is 4.98 Å². The minimum atomic E-state index is -0.277. The van der Waals surface area contributed by atoms with Gasteiger partial charge in [-0.05, 0) is 57.4 Å². The minimum absolute atomic E-state index is 0.0218. The molecule has 2 fully saturated rings. The van der Waals surface area contributed by atoms with Gasteiger partial charge in [0.1, 0.15) is 11.5 Å². The lowest BCUT2D eigenvalue weighted by Crippen LogP contribution is -2.54. The highest BCUT2D eigenvalue weighted by molar-refractivity contribution is 5.79. The molecule has 3 aromatic rings. The summed E-state index contributed by atoms with van der Waals surface area (Å²) in [7, 11) is 0. The Bertz CT molecular complexity index is 1230. The van der Waals surface area contributed by atoms with Gasteiger partial charge in [-0.3, -0.25) is 9.36 Å². The van der Waals surface area contributed by atoms with Crippen LogP contribution in [0.2, 0.25) is 0 Å². The molecule has 0 amide bonds. The zero-order chi connectivity index (χ0) is 23.1. The van der Waals surface area contributed by atoms with Crippen molar-refractivity contribution in [3.63, 3.8) is 0 Å². The topological polar surface area (TPSA) is 75.1 Å². The van der Waals surface area contributed by atoms with E-state index in [1.807, 2.05) is 23.6 Å². The molecular weight excluding hydrogens is 419 g/mol. The summed E-state index contributed by atoms with van der Waals surface area (Å²) < 4.78 is 16.8. The van der Waals surface area contributed by atoms with Crippen LogP contribution >= 0.6 is 0 Å². The molecule has 1 aromatic carbocycles. The number of nitrogens with zero attached hydrogens (tertiary/aromatic N) is 4. The lowest BCUT2D eigenvalue weighted by molar-refractivity contribution is 0.404. The van der Waals surface area contributed by atoms with Crippen LogP contribution in [0.3, 0.4) is 0 Å². The van der Waals surface area contributed by atoms with Crippen molar-refractivity contribution in [3.8, 4) is 0 Å². The van der Waals surface area contributed by atoms with Crippen molar-refractivity contribution in [1.82, 2.24) is 19.9 Å². The van der Waals surface area contributed by atoms with Crippen molar-refractivity contribution in [2.45, 2.75) is 64.6 Å². The van der Waals surface area contributed by atoms with Gasteiger partial charge in [0.05, 0.1) is 5.69 Å². The van der Waals surface area contributed by atoms with Gasteiger partial charge in [-0.1, -0.05) is 12.8 Å². The Morgan fingerprint density at radius 2 is 1.85 bits per heavy atom. The number of piperazine rings is 1. The molecule has 2 unspecified atom stereocenters. The Morgan fingerprint density at radius 1 is 1.12 bits per heavy atom. The Hall–Kier alpha value is -3.00. The molecule has 3 heterocycles. The molecule has 1 saturated heterocycles. The number of aryl methyl sites for hydroxylation is 1. The number of aromatic nitrogens is 3. The molecule has 2 atom stereocenters. The number of hydrogen-bond acceptors (Lipinski definition) is 6. The van der Waals surface area contributed by atoms with Crippen molar-refractivity contribution >= 4 is 28.4 Å². The second kappa shape index (κ2) is 8.74. The maximum Gasteiger partial charge on any atom is 0.252 e. The van der Waals surface area contributed by atoms with E-state index in [9.17, 15) is 4.79 Å². The molecule has 8 heteroatoms. The Morgan fingerprint density at radius 3 is 2.55 bits per heavy atom. The average Bonchev–Trinajstić information content (AvgIpc) is 3.27. The van der Waals surface area contributed by atoms with Crippen LogP contribution in [-0.2, 0) is 0 Å². The van der Waals surface area contributed by atoms with Crippen LogP contribution < -0.4 is 21.1 Å². The first kappa shape index (κ1) is 21.8. The third-order valence-electron chi connectivity index (χ3n) is 6.79. The van der Waals surface area contributed by atoms with Gasteiger partial charge in [0.25, 0.3) is 5.56 Å². The first-order valence-corrected chi connectivity index (χ1v) is 11.9. The molecule has 2 aromatic heterocycles. The number of rotatable bonds is 4. The van der Waals surface area contributed by atoms with Gasteiger partial charge in [-0.25, -0.2) is 9.37 Å². The zero-order valence-electron chi connectivity index (χ0n) is 19.4. The predicted molar refractivity (Wildman–Crippen MR) is 130 cm³/mol. The van der Waals surface area contributed by atoms with Gasteiger partial charge < -0.3 is 15.5 Å². The fourth-order valence-electron chi connectivity index (χ4n) is 5.34. The SMILES string of the molecule is Cc1cc(=O)n(C2CCCC2)c2nc(Nc3ccc(N4CC(C)NC(C)C4)c(F)c3)ncc12. The number of fused-ring (bicyclic) bond motifs is 1. The van der Waals surface area contributed by atoms with E-state index < -0.39 is 0 Å². The van der Waals surface area contributed by atoms with Crippen LogP contribution in [-0.4, -0.2) is 39.7 Å². The van der Waals surface area contributed by atoms with E-state index in [2.05, 4.69) is 34.4 Å². The van der Waals surface area contributed by atoms with Crippen molar-refractivity contribution in [2.75, 3.05) is 23.3 Å². The fraction of sp³-hybridized carbons (Fsp3) is 0.480. The molecule has 174 valence electrons. The number of benzene rings is 1. The van der Waals surface area contributed by atoms with Gasteiger partial charge >= 0.3 is 0 Å². The van der Waals surface area contributed by atoms with Crippen molar-refractivity contribution in [3.05, 3.63) is 52.2 Å². The number of hydrogen-bond donors (Lipinski definition) is 2. The maximum atomic E-state index is 15.0. The van der Waals surface area contributed by atoms with E-state index >= 15 is 4.39 Å². The van der Waals surface area contributed by atoms with E-state index in [1.165, 1.54) is 6.07 Å². The molecule has 0 bridgehead atoms. The monoisotopic (exact) mass is 450 g/mol. The van der Waals surface area contributed by atoms with Crippen LogP contribution in [0.15, 0.2) is 35.3 Å². The largest absolute Gasteiger partial charge is 0.366 e. The summed E-state index contributed by atoms with van der Waals surface area (Å²) in [6.07, 6.45) is 5.97. The zero-order valence-corrected chi connectivity index (χ0v) is 19.4. The normalized spacial score (nSPS) is 21.6. The molecule has 2 N–H and O–H groups in total. The molecule has 0 radical (unpaired) electrons. The third-order valence-corrected chi connectivity index (χ3v) is 6.79. The fourth-order valence-corrected chi connectivity index (χ4v) is 5.34. The maximum absolute atomic E-state index is 15.0. The summed E-state index contributed by atoms with van der Waals surface area (Å²) >= 11 is 0. The lowest BCUT2D eigenvalue weighted by atomic mass is 10.1. The van der Waals surface area contributed by atoms with Crippen LogP contribution in [0.4, 0.5) is 21.7 Å². The van der Waals surface area contributed by atoms with Gasteiger partial charge in [0, 0.05) is 54.6 Å². The minimum Gasteiger partial charge on any atom is -0.366 e. The van der Waals surface area contributed by atoms with E-state index in [1.54, 1.807) is 12.3 Å². The summed E-state index contributed by atoms with van der Waals surface area (Å²) in [5.74, 6) is 0.0802. The number of halogens is 1. The Balaban J connectivity index is 1.45. The van der Waals surface area contributed by atoms with Crippen molar-refractivity contribution < 1.29 is 4.39 Å².